The molecule has 2 fully saturated rings. The molecule has 0 aromatic heterocycles. The van der Waals surface area contributed by atoms with Crippen molar-refractivity contribution in [1.29, 1.82) is 0 Å². The number of carbonyl (C=O) groups excluding carboxylic acids is 1. The second kappa shape index (κ2) is 22.3. The molecular formula is C53H64N2O10. The topological polar surface area (TPSA) is 138 Å². The van der Waals surface area contributed by atoms with E-state index < -0.39 is 30.1 Å². The summed E-state index contributed by atoms with van der Waals surface area (Å²) in [4.78, 5) is 22.1. The highest BCUT2D eigenvalue weighted by Crippen LogP contribution is 2.62. The van der Waals surface area contributed by atoms with Crippen molar-refractivity contribution in [2.45, 2.75) is 94.9 Å². The van der Waals surface area contributed by atoms with Crippen LogP contribution in [0.2, 0.25) is 0 Å². The lowest BCUT2D eigenvalue weighted by molar-refractivity contribution is -0.254. The van der Waals surface area contributed by atoms with Crippen LogP contribution in [0.25, 0.3) is 10.8 Å². The Kier molecular flexibility index (Phi) is 15.9. The molecule has 2 N–H and O–H groups in total. The molecule has 4 aromatic rings. The van der Waals surface area contributed by atoms with Crippen LogP contribution in [0.4, 0.5) is 4.79 Å². The molecule has 2 aliphatic heterocycles. The molecular weight excluding hydrogens is 825 g/mol. The molecule has 0 spiro atoms. The average Bonchev–Trinajstić information content (AvgIpc) is 3.34. The fraction of sp³-hybridized carbons (Fsp3) is 0.472. The van der Waals surface area contributed by atoms with E-state index in [4.69, 9.17) is 38.4 Å². The smallest absolute Gasteiger partial charge is 0.410 e. The molecule has 1 saturated carbocycles. The Morgan fingerprint density at radius 3 is 2.46 bits per heavy atom. The lowest BCUT2D eigenvalue weighted by Crippen LogP contribution is -2.69. The van der Waals surface area contributed by atoms with Crippen LogP contribution < -0.4 is 9.47 Å². The Balaban J connectivity index is 1.21. The number of oxime groups is 1. The van der Waals surface area contributed by atoms with E-state index in [1.165, 1.54) is 0 Å². The van der Waals surface area contributed by atoms with Crippen molar-refractivity contribution >= 4 is 22.6 Å². The number of aliphatic hydroxyl groups excluding tert-OH is 2. The number of fused-ring (bicyclic) bond motifs is 3. The third kappa shape index (κ3) is 10.7. The molecule has 0 bridgehead atoms. The van der Waals surface area contributed by atoms with Crippen molar-refractivity contribution in [3.8, 4) is 17.2 Å². The first kappa shape index (κ1) is 46.3. The van der Waals surface area contributed by atoms with Gasteiger partial charge >= 0.3 is 6.09 Å². The van der Waals surface area contributed by atoms with Gasteiger partial charge in [0.05, 0.1) is 38.1 Å². The number of carbonyl (C=O) groups is 1. The van der Waals surface area contributed by atoms with Crippen molar-refractivity contribution < 1.29 is 48.3 Å². The van der Waals surface area contributed by atoms with Crippen LogP contribution >= 0.6 is 0 Å². The maximum atomic E-state index is 14.3. The molecule has 2 heterocycles. The lowest BCUT2D eigenvalue weighted by Gasteiger charge is -2.59. The quantitative estimate of drug-likeness (QED) is 0.0473. The fourth-order valence-corrected chi connectivity index (χ4v) is 10.3. The summed E-state index contributed by atoms with van der Waals surface area (Å²) in [5, 5.41) is 27.1. The van der Waals surface area contributed by atoms with Gasteiger partial charge in [0.25, 0.3) is 0 Å². The number of allylic oxidation sites excluding steroid dienone is 1. The number of nitrogens with zero attached hydrogens (tertiary/aromatic N) is 2. The zero-order valence-corrected chi connectivity index (χ0v) is 37.6. The molecule has 346 valence electrons. The largest absolute Gasteiger partial charge is 0.459 e. The maximum absolute atomic E-state index is 14.3. The third-order valence-corrected chi connectivity index (χ3v) is 13.3. The number of amides is 1. The monoisotopic (exact) mass is 888 g/mol. The Morgan fingerprint density at radius 1 is 0.908 bits per heavy atom. The SMILES string of the molecule is C=CCO[C@@]12Oc3ccc(Oc4ccc5ccccc5c4)cc3[C@H]3[C@H](CCCCO)[C@@H](CCCCO)C=C(C(=NOC4CCCCO4)C[C@@H]1N(C)C(=O)OCCOCc1ccccc1)[C@H]32. The highest BCUT2D eigenvalue weighted by atomic mass is 16.8. The number of unbranched alkanes of at least 4 members (excludes halogenated alkanes) is 2. The van der Waals surface area contributed by atoms with Gasteiger partial charge in [-0.25, -0.2) is 4.79 Å². The summed E-state index contributed by atoms with van der Waals surface area (Å²) in [5.74, 6) is 0.0524. The first-order chi connectivity index (χ1) is 31.9. The van der Waals surface area contributed by atoms with E-state index in [0.717, 1.165) is 78.2 Å². The third-order valence-electron chi connectivity index (χ3n) is 13.3. The Hall–Kier alpha value is -5.24. The van der Waals surface area contributed by atoms with E-state index in [0.29, 0.717) is 43.3 Å². The Morgan fingerprint density at radius 2 is 1.68 bits per heavy atom. The number of ether oxygens (including phenoxy) is 6. The van der Waals surface area contributed by atoms with Gasteiger partial charge in [-0.1, -0.05) is 90.8 Å². The minimum Gasteiger partial charge on any atom is -0.459 e. The van der Waals surface area contributed by atoms with Crippen LogP contribution in [0.3, 0.4) is 0 Å². The molecule has 1 amide bonds. The van der Waals surface area contributed by atoms with Crippen LogP contribution in [0, 0.1) is 17.8 Å². The number of hydrogen-bond acceptors (Lipinski definition) is 11. The summed E-state index contributed by atoms with van der Waals surface area (Å²) >= 11 is 0. The molecule has 1 saturated heterocycles. The average molecular weight is 889 g/mol. The van der Waals surface area contributed by atoms with Gasteiger partial charge in [-0.3, -0.25) is 0 Å². The van der Waals surface area contributed by atoms with Crippen LogP contribution in [-0.4, -0.2) is 91.7 Å². The Labute approximate surface area is 382 Å². The van der Waals surface area contributed by atoms with Gasteiger partial charge in [0, 0.05) is 44.6 Å². The van der Waals surface area contributed by atoms with Crippen molar-refractivity contribution in [3.05, 3.63) is 126 Å². The molecule has 1 unspecified atom stereocenters. The number of likely N-dealkylation sites (N-methyl/N-ethyl adjacent to an activating group) is 1. The van der Waals surface area contributed by atoms with E-state index in [1.54, 1.807) is 18.0 Å². The summed E-state index contributed by atoms with van der Waals surface area (Å²) < 4.78 is 38.7. The van der Waals surface area contributed by atoms with Crippen LogP contribution in [0.15, 0.2) is 120 Å². The van der Waals surface area contributed by atoms with Crippen molar-refractivity contribution in [2.24, 2.45) is 22.9 Å². The minimum absolute atomic E-state index is 0.0512. The second-order valence-electron chi connectivity index (χ2n) is 17.5. The molecule has 4 aromatic carbocycles. The standard InChI is InChI=1S/C53H64N2O10/c1-3-28-62-53-48(55(2)52(58)61-31-30-59-36-37-15-5-4-6-16-37)35-46(54-65-49-21-11-14-29-60-49)44-33-40(19-9-12-26-56)43(20-10-13-27-57)50(51(44)53)45-34-42(24-25-47(45)64-53)63-41-23-22-38-17-7-8-18-39(38)32-41/h3-8,15-18,22-25,32-34,40,43,48-51,56-57H,1,9-14,19-21,26-31,35-36H2,2H3/t40-,43+,48-,49?,50+,51+,53+/m0/s1. The van der Waals surface area contributed by atoms with Crippen molar-refractivity contribution in [1.82, 2.24) is 4.90 Å². The van der Waals surface area contributed by atoms with Crippen molar-refractivity contribution in [2.75, 3.05) is 46.7 Å². The van der Waals surface area contributed by atoms with Gasteiger partial charge < -0.3 is 48.4 Å². The van der Waals surface area contributed by atoms with E-state index in [9.17, 15) is 15.0 Å². The predicted octanol–water partition coefficient (Wildman–Crippen LogP) is 10.1. The predicted molar refractivity (Wildman–Crippen MR) is 249 cm³/mol. The second-order valence-corrected chi connectivity index (χ2v) is 17.5. The summed E-state index contributed by atoms with van der Waals surface area (Å²) in [6, 6.07) is 29.4. The van der Waals surface area contributed by atoms with Crippen LogP contribution in [0.1, 0.15) is 81.3 Å². The molecule has 0 radical (unpaired) electrons. The summed E-state index contributed by atoms with van der Waals surface area (Å²) in [7, 11) is 1.72. The molecule has 8 rings (SSSR count). The van der Waals surface area contributed by atoms with E-state index >= 15 is 0 Å². The van der Waals surface area contributed by atoms with E-state index in [2.05, 4.69) is 36.9 Å². The van der Waals surface area contributed by atoms with Crippen molar-refractivity contribution in [3.63, 3.8) is 0 Å². The Bertz CT molecular complexity index is 2260. The van der Waals surface area contributed by atoms with Gasteiger partial charge in [0.2, 0.25) is 12.1 Å². The number of hydrogen-bond donors (Lipinski definition) is 2. The highest BCUT2D eigenvalue weighted by molar-refractivity contribution is 6.03. The van der Waals surface area contributed by atoms with E-state index in [1.807, 2.05) is 66.7 Å². The van der Waals surface area contributed by atoms with Gasteiger partial charge in [0.15, 0.2) is 0 Å². The lowest BCUT2D eigenvalue weighted by atomic mass is 9.55. The molecule has 2 aliphatic carbocycles. The number of aliphatic hydroxyl groups is 2. The van der Waals surface area contributed by atoms with E-state index in [-0.39, 0.29) is 57.2 Å². The van der Waals surface area contributed by atoms with Crippen LogP contribution in [-0.2, 0) is 30.4 Å². The molecule has 7 atom stereocenters. The molecule has 4 aliphatic rings. The van der Waals surface area contributed by atoms with Gasteiger partial charge in [-0.2, -0.15) is 0 Å². The first-order valence-corrected chi connectivity index (χ1v) is 23.5. The highest BCUT2D eigenvalue weighted by Gasteiger charge is 2.65. The normalized spacial score (nSPS) is 25.2. The number of rotatable bonds is 21. The zero-order valence-electron chi connectivity index (χ0n) is 37.6. The minimum atomic E-state index is -1.42. The van der Waals surface area contributed by atoms with Crippen LogP contribution in [0.5, 0.6) is 17.2 Å². The maximum Gasteiger partial charge on any atom is 0.410 e. The summed E-state index contributed by atoms with van der Waals surface area (Å²) in [5.41, 5.74) is 3.64. The molecule has 12 heteroatoms. The van der Waals surface area contributed by atoms with Gasteiger partial charge in [-0.05, 0) is 103 Å². The molecule has 12 nitrogen and oxygen atoms in total. The fourth-order valence-electron chi connectivity index (χ4n) is 10.3. The zero-order chi connectivity index (χ0) is 45.0. The first-order valence-electron chi connectivity index (χ1n) is 23.5. The summed E-state index contributed by atoms with van der Waals surface area (Å²) in [6.45, 7) is 5.66. The summed E-state index contributed by atoms with van der Waals surface area (Å²) in [6.07, 6.45) is 10.5. The number of benzene rings is 4. The van der Waals surface area contributed by atoms with Gasteiger partial charge in [0.1, 0.15) is 29.9 Å². The van der Waals surface area contributed by atoms with Gasteiger partial charge in [-0.15, -0.1) is 6.58 Å². The molecule has 65 heavy (non-hydrogen) atoms.